The smallest absolute Gasteiger partial charge is 0.278 e. The SMILES string of the molecule is NCc1c(Cl)cc(F)cc1[N+](=O)[O-]. The molecule has 1 rings (SSSR count). The van der Waals surface area contributed by atoms with E-state index in [0.717, 1.165) is 12.1 Å². The first-order chi connectivity index (χ1) is 6.06. The fourth-order valence-electron chi connectivity index (χ4n) is 0.955. The molecule has 0 saturated heterocycles. The van der Waals surface area contributed by atoms with E-state index in [1.54, 1.807) is 0 Å². The van der Waals surface area contributed by atoms with Gasteiger partial charge in [-0.3, -0.25) is 10.1 Å². The van der Waals surface area contributed by atoms with Gasteiger partial charge in [-0.25, -0.2) is 4.39 Å². The highest BCUT2D eigenvalue weighted by Crippen LogP contribution is 2.27. The Morgan fingerprint density at radius 3 is 2.69 bits per heavy atom. The lowest BCUT2D eigenvalue weighted by molar-refractivity contribution is -0.385. The van der Waals surface area contributed by atoms with Crippen LogP contribution in [0.2, 0.25) is 5.02 Å². The molecule has 0 spiro atoms. The Morgan fingerprint density at radius 1 is 1.62 bits per heavy atom. The van der Waals surface area contributed by atoms with Crippen LogP contribution in [0.15, 0.2) is 12.1 Å². The predicted octanol–water partition coefficient (Wildman–Crippen LogP) is 1.85. The number of hydrogen-bond acceptors (Lipinski definition) is 3. The third-order valence-electron chi connectivity index (χ3n) is 1.54. The van der Waals surface area contributed by atoms with Crippen molar-refractivity contribution >= 4 is 17.3 Å². The molecule has 0 aliphatic heterocycles. The van der Waals surface area contributed by atoms with Gasteiger partial charge in [-0.05, 0) is 6.07 Å². The van der Waals surface area contributed by atoms with Gasteiger partial charge in [0.1, 0.15) is 5.82 Å². The topological polar surface area (TPSA) is 69.2 Å². The summed E-state index contributed by atoms with van der Waals surface area (Å²) in [6, 6.07) is 1.80. The number of nitro groups is 1. The molecule has 1 aromatic rings. The number of halogens is 2. The minimum absolute atomic E-state index is 0.0193. The zero-order valence-electron chi connectivity index (χ0n) is 6.46. The molecule has 4 nitrogen and oxygen atoms in total. The molecular weight excluding hydrogens is 199 g/mol. The van der Waals surface area contributed by atoms with Crippen molar-refractivity contribution in [3.05, 3.63) is 38.7 Å². The quantitative estimate of drug-likeness (QED) is 0.590. The zero-order valence-corrected chi connectivity index (χ0v) is 7.21. The Morgan fingerprint density at radius 2 is 2.23 bits per heavy atom. The average molecular weight is 205 g/mol. The average Bonchev–Trinajstić information content (AvgIpc) is 2.02. The third-order valence-corrected chi connectivity index (χ3v) is 1.87. The summed E-state index contributed by atoms with van der Waals surface area (Å²) in [4.78, 5) is 9.70. The lowest BCUT2D eigenvalue weighted by Gasteiger charge is -2.01. The monoisotopic (exact) mass is 204 g/mol. The maximum absolute atomic E-state index is 12.7. The van der Waals surface area contributed by atoms with E-state index in [-0.39, 0.29) is 22.8 Å². The largest absolute Gasteiger partial charge is 0.326 e. The lowest BCUT2D eigenvalue weighted by atomic mass is 10.2. The molecule has 70 valence electrons. The van der Waals surface area contributed by atoms with Gasteiger partial charge in [-0.2, -0.15) is 0 Å². The summed E-state index contributed by atoms with van der Waals surface area (Å²) in [7, 11) is 0. The third kappa shape index (κ3) is 1.93. The number of rotatable bonds is 2. The highest BCUT2D eigenvalue weighted by molar-refractivity contribution is 6.31. The second-order valence-corrected chi connectivity index (χ2v) is 2.75. The second-order valence-electron chi connectivity index (χ2n) is 2.35. The number of benzene rings is 1. The van der Waals surface area contributed by atoms with Gasteiger partial charge >= 0.3 is 0 Å². The minimum Gasteiger partial charge on any atom is -0.326 e. The Hall–Kier alpha value is -1.20. The van der Waals surface area contributed by atoms with Gasteiger partial charge in [0.25, 0.3) is 5.69 Å². The van der Waals surface area contributed by atoms with Crippen molar-refractivity contribution in [1.82, 2.24) is 0 Å². The number of hydrogen-bond donors (Lipinski definition) is 1. The van der Waals surface area contributed by atoms with Gasteiger partial charge < -0.3 is 5.73 Å². The van der Waals surface area contributed by atoms with Crippen molar-refractivity contribution < 1.29 is 9.31 Å². The molecular formula is C7H6ClFN2O2. The summed E-state index contributed by atoms with van der Waals surface area (Å²) in [5.74, 6) is -0.742. The summed E-state index contributed by atoms with van der Waals surface area (Å²) >= 11 is 5.55. The lowest BCUT2D eigenvalue weighted by Crippen LogP contribution is -2.03. The van der Waals surface area contributed by atoms with Crippen molar-refractivity contribution in [3.8, 4) is 0 Å². The molecule has 13 heavy (non-hydrogen) atoms. The molecule has 2 N–H and O–H groups in total. The minimum atomic E-state index is -0.742. The molecule has 0 saturated carbocycles. The maximum Gasteiger partial charge on any atom is 0.278 e. The van der Waals surface area contributed by atoms with Gasteiger partial charge in [-0.1, -0.05) is 11.6 Å². The van der Waals surface area contributed by atoms with Crippen LogP contribution in [0.5, 0.6) is 0 Å². The fourth-order valence-corrected chi connectivity index (χ4v) is 1.23. The van der Waals surface area contributed by atoms with E-state index in [2.05, 4.69) is 0 Å². The van der Waals surface area contributed by atoms with E-state index in [4.69, 9.17) is 17.3 Å². The van der Waals surface area contributed by atoms with E-state index in [1.165, 1.54) is 0 Å². The Labute approximate surface area is 78.3 Å². The normalized spacial score (nSPS) is 10.1. The van der Waals surface area contributed by atoms with Crippen LogP contribution < -0.4 is 5.73 Å². The van der Waals surface area contributed by atoms with Gasteiger partial charge in [0.15, 0.2) is 0 Å². The molecule has 0 aromatic heterocycles. The zero-order chi connectivity index (χ0) is 10.0. The standard InChI is InChI=1S/C7H6ClFN2O2/c8-6-1-4(9)2-7(11(12)13)5(6)3-10/h1-2H,3,10H2. The summed E-state index contributed by atoms with van der Waals surface area (Å²) in [6.45, 7) is -0.0879. The maximum atomic E-state index is 12.7. The number of nitrogens with zero attached hydrogens (tertiary/aromatic N) is 1. The van der Waals surface area contributed by atoms with Crippen LogP contribution in [0.3, 0.4) is 0 Å². The van der Waals surface area contributed by atoms with Crippen LogP contribution in [-0.4, -0.2) is 4.92 Å². The van der Waals surface area contributed by atoms with Crippen LogP contribution in [-0.2, 0) is 6.54 Å². The Balaban J connectivity index is 3.38. The van der Waals surface area contributed by atoms with Gasteiger partial charge in [0.2, 0.25) is 0 Å². The van der Waals surface area contributed by atoms with E-state index in [9.17, 15) is 14.5 Å². The highest BCUT2D eigenvalue weighted by Gasteiger charge is 2.17. The van der Waals surface area contributed by atoms with Gasteiger partial charge in [-0.15, -0.1) is 0 Å². The van der Waals surface area contributed by atoms with Crippen LogP contribution in [0.1, 0.15) is 5.56 Å². The van der Waals surface area contributed by atoms with Crippen LogP contribution in [0.4, 0.5) is 10.1 Å². The van der Waals surface area contributed by atoms with E-state index < -0.39 is 10.7 Å². The molecule has 1 aromatic carbocycles. The highest BCUT2D eigenvalue weighted by atomic mass is 35.5. The van der Waals surface area contributed by atoms with Crippen LogP contribution in [0, 0.1) is 15.9 Å². The van der Waals surface area contributed by atoms with E-state index in [1.807, 2.05) is 0 Å². The number of nitro benzene ring substituents is 1. The molecule has 0 aliphatic rings. The molecule has 0 fully saturated rings. The second kappa shape index (κ2) is 3.68. The van der Waals surface area contributed by atoms with Crippen molar-refractivity contribution in [2.24, 2.45) is 5.73 Å². The molecule has 0 unspecified atom stereocenters. The molecule has 6 heteroatoms. The fraction of sp³-hybridized carbons (Fsp3) is 0.143. The summed E-state index contributed by atoms with van der Waals surface area (Å²) in [6.07, 6.45) is 0. The van der Waals surface area contributed by atoms with Crippen LogP contribution in [0.25, 0.3) is 0 Å². The molecule has 0 bridgehead atoms. The van der Waals surface area contributed by atoms with Crippen molar-refractivity contribution in [2.45, 2.75) is 6.54 Å². The first kappa shape index (κ1) is 9.88. The Bertz CT molecular complexity index is 357. The van der Waals surface area contributed by atoms with Gasteiger partial charge in [0, 0.05) is 6.54 Å². The first-order valence-corrected chi connectivity index (χ1v) is 3.76. The summed E-state index contributed by atoms with van der Waals surface area (Å²) in [5, 5.41) is 10.4. The van der Waals surface area contributed by atoms with Gasteiger partial charge in [0.05, 0.1) is 21.6 Å². The molecule has 0 amide bonds. The summed E-state index contributed by atoms with van der Waals surface area (Å²) < 4.78 is 12.7. The van der Waals surface area contributed by atoms with E-state index >= 15 is 0 Å². The van der Waals surface area contributed by atoms with Crippen molar-refractivity contribution in [1.29, 1.82) is 0 Å². The predicted molar refractivity (Wildman–Crippen MR) is 46.0 cm³/mol. The Kier molecular flexibility index (Phi) is 2.79. The summed E-state index contributed by atoms with van der Waals surface area (Å²) in [5.41, 5.74) is 4.99. The van der Waals surface area contributed by atoms with Crippen molar-refractivity contribution in [2.75, 3.05) is 0 Å². The van der Waals surface area contributed by atoms with Crippen LogP contribution >= 0.6 is 11.6 Å². The van der Waals surface area contributed by atoms with E-state index in [0.29, 0.717) is 0 Å². The van der Waals surface area contributed by atoms with Crippen molar-refractivity contribution in [3.63, 3.8) is 0 Å². The first-order valence-electron chi connectivity index (χ1n) is 3.38. The molecule has 0 aliphatic carbocycles. The molecule has 0 radical (unpaired) electrons. The molecule has 0 atom stereocenters. The number of nitrogens with two attached hydrogens (primary N) is 1. The molecule has 0 heterocycles.